The van der Waals surface area contributed by atoms with Gasteiger partial charge < -0.3 is 23.7 Å². The molecule has 0 unspecified atom stereocenters. The Hall–Kier alpha value is -5.11. The van der Waals surface area contributed by atoms with Crippen LogP contribution in [0.1, 0.15) is 45.0 Å². The number of allylic oxidation sites excluding steroid dienone is 1. The van der Waals surface area contributed by atoms with E-state index >= 15 is 0 Å². The molecule has 0 N–H and O–H groups in total. The monoisotopic (exact) mass is 535 g/mol. The summed E-state index contributed by atoms with van der Waals surface area (Å²) >= 11 is 0. The van der Waals surface area contributed by atoms with E-state index in [0.29, 0.717) is 52.0 Å². The summed E-state index contributed by atoms with van der Waals surface area (Å²) < 4.78 is 28.7. The van der Waals surface area contributed by atoms with E-state index in [2.05, 4.69) is 4.98 Å². The van der Waals surface area contributed by atoms with Crippen LogP contribution < -0.4 is 23.7 Å². The number of aromatic nitrogens is 1. The van der Waals surface area contributed by atoms with Crippen molar-refractivity contribution in [2.45, 2.75) is 18.9 Å². The molecule has 0 amide bonds. The third kappa shape index (κ3) is 4.64. The number of carbonyl (C=O) groups is 2. The average molecular weight is 536 g/mol. The highest BCUT2D eigenvalue weighted by Crippen LogP contribution is 2.49. The summed E-state index contributed by atoms with van der Waals surface area (Å²) in [6.45, 7) is 0.357. The van der Waals surface area contributed by atoms with Crippen molar-refractivity contribution in [3.8, 4) is 28.7 Å². The van der Waals surface area contributed by atoms with E-state index in [9.17, 15) is 9.59 Å². The molecule has 0 fully saturated rings. The Morgan fingerprint density at radius 3 is 2.65 bits per heavy atom. The van der Waals surface area contributed by atoms with Crippen LogP contribution in [0, 0.1) is 0 Å². The van der Waals surface area contributed by atoms with Crippen molar-refractivity contribution in [3.63, 3.8) is 0 Å². The Morgan fingerprint density at radius 1 is 0.975 bits per heavy atom. The number of ketones is 1. The topological polar surface area (TPSA) is 93.2 Å². The summed E-state index contributed by atoms with van der Waals surface area (Å²) in [7, 11) is 3.09. The van der Waals surface area contributed by atoms with Crippen molar-refractivity contribution in [1.82, 2.24) is 4.98 Å². The SMILES string of the molecule is COc1cccc(/C=C2\Oc3c(ccc4c3[C@H](c3cccc(OCc5cccnc5)c3)CC(=O)O4)C2=O)c1OC. The fourth-order valence-electron chi connectivity index (χ4n) is 5.03. The highest BCUT2D eigenvalue weighted by atomic mass is 16.5. The van der Waals surface area contributed by atoms with Crippen LogP contribution in [0.5, 0.6) is 28.7 Å². The maximum atomic E-state index is 13.4. The minimum Gasteiger partial charge on any atom is -0.493 e. The number of fused-ring (bicyclic) bond motifs is 3. The van der Waals surface area contributed by atoms with Gasteiger partial charge in [-0.05, 0) is 48.0 Å². The molecule has 0 spiro atoms. The van der Waals surface area contributed by atoms with Crippen molar-refractivity contribution in [3.05, 3.63) is 113 Å². The molecule has 8 nitrogen and oxygen atoms in total. The van der Waals surface area contributed by atoms with Crippen molar-refractivity contribution in [2.75, 3.05) is 14.2 Å². The highest BCUT2D eigenvalue weighted by Gasteiger charge is 2.38. The van der Waals surface area contributed by atoms with Gasteiger partial charge in [0.2, 0.25) is 5.78 Å². The lowest BCUT2D eigenvalue weighted by Gasteiger charge is -2.26. The number of nitrogens with zero attached hydrogens (tertiary/aromatic N) is 1. The predicted molar refractivity (Wildman–Crippen MR) is 146 cm³/mol. The molecule has 1 aromatic heterocycles. The number of esters is 1. The molecular weight excluding hydrogens is 510 g/mol. The highest BCUT2D eigenvalue weighted by molar-refractivity contribution is 6.15. The molecule has 1 atom stereocenters. The molecule has 3 aromatic carbocycles. The molecular formula is C32H25NO7. The van der Waals surface area contributed by atoms with E-state index < -0.39 is 5.92 Å². The normalized spacial score (nSPS) is 16.6. The van der Waals surface area contributed by atoms with Crippen LogP contribution in [0.15, 0.2) is 84.9 Å². The van der Waals surface area contributed by atoms with E-state index in [0.717, 1.165) is 11.1 Å². The van der Waals surface area contributed by atoms with Gasteiger partial charge in [-0.1, -0.05) is 30.3 Å². The Morgan fingerprint density at radius 2 is 1.85 bits per heavy atom. The van der Waals surface area contributed by atoms with Crippen LogP contribution in [-0.4, -0.2) is 31.0 Å². The Kier molecular flexibility index (Phi) is 6.66. The molecule has 3 heterocycles. The number of hydrogen-bond acceptors (Lipinski definition) is 8. The number of Topliss-reactive ketones (excluding diaryl/α,β-unsaturated/α-hetero) is 1. The van der Waals surface area contributed by atoms with Gasteiger partial charge >= 0.3 is 5.97 Å². The summed E-state index contributed by atoms with van der Waals surface area (Å²) in [5, 5.41) is 0. The Balaban J connectivity index is 1.36. The lowest BCUT2D eigenvalue weighted by atomic mass is 9.84. The first kappa shape index (κ1) is 25.2. The first-order chi connectivity index (χ1) is 19.6. The van der Waals surface area contributed by atoms with E-state index in [-0.39, 0.29) is 23.9 Å². The molecule has 8 heteroatoms. The zero-order chi connectivity index (χ0) is 27.6. The number of para-hydroxylation sites is 1. The molecule has 0 saturated carbocycles. The number of carbonyl (C=O) groups excluding carboxylic acids is 2. The molecule has 40 heavy (non-hydrogen) atoms. The van der Waals surface area contributed by atoms with Gasteiger partial charge in [-0.25, -0.2) is 0 Å². The third-order valence-corrected chi connectivity index (χ3v) is 6.89. The van der Waals surface area contributed by atoms with Crippen LogP contribution in [-0.2, 0) is 11.4 Å². The zero-order valence-corrected chi connectivity index (χ0v) is 21.9. The van der Waals surface area contributed by atoms with Crippen molar-refractivity contribution < 1.29 is 33.3 Å². The van der Waals surface area contributed by atoms with E-state index in [4.69, 9.17) is 23.7 Å². The molecule has 0 bridgehead atoms. The van der Waals surface area contributed by atoms with Crippen LogP contribution >= 0.6 is 0 Å². The predicted octanol–water partition coefficient (Wildman–Crippen LogP) is 5.74. The Labute approximate surface area is 230 Å². The second-order valence-corrected chi connectivity index (χ2v) is 9.33. The van der Waals surface area contributed by atoms with Crippen LogP contribution in [0.3, 0.4) is 0 Å². The van der Waals surface area contributed by atoms with Gasteiger partial charge in [0.15, 0.2) is 17.3 Å². The van der Waals surface area contributed by atoms with Crippen LogP contribution in [0.4, 0.5) is 0 Å². The van der Waals surface area contributed by atoms with E-state index in [1.807, 2.05) is 42.5 Å². The van der Waals surface area contributed by atoms with Gasteiger partial charge in [-0.15, -0.1) is 0 Å². The molecule has 4 aromatic rings. The smallest absolute Gasteiger partial charge is 0.312 e. The second kappa shape index (κ2) is 10.6. The first-order valence-electron chi connectivity index (χ1n) is 12.7. The van der Waals surface area contributed by atoms with Gasteiger partial charge in [0, 0.05) is 35.0 Å². The van der Waals surface area contributed by atoms with Crippen LogP contribution in [0.2, 0.25) is 0 Å². The largest absolute Gasteiger partial charge is 0.493 e. The molecule has 0 saturated heterocycles. The molecule has 2 aliphatic rings. The number of methoxy groups -OCH3 is 2. The lowest BCUT2D eigenvalue weighted by molar-refractivity contribution is -0.135. The molecule has 6 rings (SSSR count). The maximum absolute atomic E-state index is 13.4. The average Bonchev–Trinajstić information content (AvgIpc) is 3.30. The van der Waals surface area contributed by atoms with Gasteiger partial charge in [0.1, 0.15) is 23.9 Å². The van der Waals surface area contributed by atoms with E-state index in [1.54, 1.807) is 49.8 Å². The third-order valence-electron chi connectivity index (χ3n) is 6.89. The van der Waals surface area contributed by atoms with E-state index in [1.165, 1.54) is 7.11 Å². The fraction of sp³-hybridized carbons (Fsp3) is 0.156. The molecule has 200 valence electrons. The van der Waals surface area contributed by atoms with Crippen molar-refractivity contribution in [2.24, 2.45) is 0 Å². The fourth-order valence-corrected chi connectivity index (χ4v) is 5.03. The molecule has 0 aliphatic carbocycles. The number of rotatable bonds is 7. The first-order valence-corrected chi connectivity index (χ1v) is 12.7. The van der Waals surface area contributed by atoms with Crippen LogP contribution in [0.25, 0.3) is 6.08 Å². The van der Waals surface area contributed by atoms with Crippen molar-refractivity contribution in [1.29, 1.82) is 0 Å². The summed E-state index contributed by atoms with van der Waals surface area (Å²) in [6.07, 6.45) is 5.19. The summed E-state index contributed by atoms with van der Waals surface area (Å²) in [5.41, 5.74) is 3.47. The van der Waals surface area contributed by atoms with Gasteiger partial charge in [-0.3, -0.25) is 14.6 Å². The minimum atomic E-state index is -0.397. The molecule has 0 radical (unpaired) electrons. The van der Waals surface area contributed by atoms with Crippen molar-refractivity contribution >= 4 is 17.8 Å². The van der Waals surface area contributed by atoms with Gasteiger partial charge in [-0.2, -0.15) is 0 Å². The number of ether oxygens (including phenoxy) is 5. The standard InChI is InChI=1S/C32H25NO7/c1-36-26-10-4-8-21(31(26)37-2)15-27-30(35)23-11-12-25-29(32(23)40-27)24(16-28(34)39-25)20-7-3-9-22(14-20)38-18-19-6-5-13-33-17-19/h3-15,17,24H,16,18H2,1-2H3/b27-15-/t24-/m0/s1. The quantitative estimate of drug-likeness (QED) is 0.168. The summed E-state index contributed by atoms with van der Waals surface area (Å²) in [4.78, 5) is 30.1. The summed E-state index contributed by atoms with van der Waals surface area (Å²) in [5.74, 6) is 1.54. The zero-order valence-electron chi connectivity index (χ0n) is 21.9. The van der Waals surface area contributed by atoms with Gasteiger partial charge in [0.05, 0.1) is 26.2 Å². The second-order valence-electron chi connectivity index (χ2n) is 9.33. The number of benzene rings is 3. The number of pyridine rings is 1. The minimum absolute atomic E-state index is 0.0931. The lowest BCUT2D eigenvalue weighted by Crippen LogP contribution is -2.21. The summed E-state index contributed by atoms with van der Waals surface area (Å²) in [6, 6.07) is 20.0. The van der Waals surface area contributed by atoms with Gasteiger partial charge in [0.25, 0.3) is 0 Å². The number of hydrogen-bond donors (Lipinski definition) is 0. The Bertz CT molecular complexity index is 1640. The maximum Gasteiger partial charge on any atom is 0.312 e. The molecule has 2 aliphatic heterocycles.